The number of amides is 1. The average Bonchev–Trinajstić information content (AvgIpc) is 3.20. The van der Waals surface area contributed by atoms with Crippen LogP contribution < -0.4 is 0 Å². The maximum atomic E-state index is 12.9. The third kappa shape index (κ3) is 3.90. The van der Waals surface area contributed by atoms with Gasteiger partial charge in [-0.3, -0.25) is 9.48 Å². The highest BCUT2D eigenvalue weighted by atomic mass is 16.2. The van der Waals surface area contributed by atoms with Gasteiger partial charge < -0.3 is 4.90 Å². The minimum Gasteiger partial charge on any atom is -0.337 e. The molecule has 0 saturated carbocycles. The number of nitrogens with zero attached hydrogens (tertiary/aromatic N) is 3. The monoisotopic (exact) mass is 355 g/mol. The standard InChI is InChI=1S/C23H21N3O/c1-25(16-19-10-11-20-7-2-3-8-21(20)14-19)23(27)22-9-4-6-18(15-22)17-26-13-5-12-24-26/h2-15H,16-17H2,1H3. The molecule has 0 fully saturated rings. The van der Waals surface area contributed by atoms with Crippen molar-refractivity contribution in [1.82, 2.24) is 14.7 Å². The maximum absolute atomic E-state index is 12.9. The minimum absolute atomic E-state index is 0.0190. The minimum atomic E-state index is 0.0190. The first-order valence-electron chi connectivity index (χ1n) is 8.98. The summed E-state index contributed by atoms with van der Waals surface area (Å²) in [4.78, 5) is 14.6. The fourth-order valence-corrected chi connectivity index (χ4v) is 3.29. The number of carbonyl (C=O) groups excluding carboxylic acids is 1. The predicted molar refractivity (Wildman–Crippen MR) is 108 cm³/mol. The molecule has 4 rings (SSSR count). The topological polar surface area (TPSA) is 38.1 Å². The third-order valence-corrected chi connectivity index (χ3v) is 4.66. The normalized spacial score (nSPS) is 10.9. The van der Waals surface area contributed by atoms with Crippen LogP contribution >= 0.6 is 0 Å². The van der Waals surface area contributed by atoms with Crippen molar-refractivity contribution < 1.29 is 4.79 Å². The lowest BCUT2D eigenvalue weighted by Gasteiger charge is -2.18. The zero-order valence-corrected chi connectivity index (χ0v) is 15.2. The van der Waals surface area contributed by atoms with Crippen LogP contribution in [0, 0.1) is 0 Å². The molecule has 0 aliphatic rings. The summed E-state index contributed by atoms with van der Waals surface area (Å²) in [5.74, 6) is 0.0190. The zero-order chi connectivity index (χ0) is 18.6. The average molecular weight is 355 g/mol. The van der Waals surface area contributed by atoms with Crippen LogP contribution in [0.5, 0.6) is 0 Å². The summed E-state index contributed by atoms with van der Waals surface area (Å²) in [5, 5.41) is 6.62. The van der Waals surface area contributed by atoms with E-state index in [0.29, 0.717) is 18.7 Å². The molecule has 1 heterocycles. The predicted octanol–water partition coefficient (Wildman–Crippen LogP) is 4.36. The molecule has 1 amide bonds. The van der Waals surface area contributed by atoms with Crippen LogP contribution in [-0.2, 0) is 13.1 Å². The lowest BCUT2D eigenvalue weighted by molar-refractivity contribution is 0.0785. The number of carbonyl (C=O) groups is 1. The summed E-state index contributed by atoms with van der Waals surface area (Å²) in [7, 11) is 1.84. The Balaban J connectivity index is 1.49. The van der Waals surface area contributed by atoms with E-state index in [1.165, 1.54) is 10.8 Å². The van der Waals surface area contributed by atoms with E-state index >= 15 is 0 Å². The SMILES string of the molecule is CN(Cc1ccc2ccccc2c1)C(=O)c1cccc(Cn2cccn2)c1. The number of benzene rings is 3. The fourth-order valence-electron chi connectivity index (χ4n) is 3.29. The van der Waals surface area contributed by atoms with Gasteiger partial charge in [0.25, 0.3) is 5.91 Å². The van der Waals surface area contributed by atoms with Crippen LogP contribution in [0.4, 0.5) is 0 Å². The van der Waals surface area contributed by atoms with Crippen molar-refractivity contribution in [3.8, 4) is 0 Å². The Morgan fingerprint density at radius 3 is 2.59 bits per heavy atom. The van der Waals surface area contributed by atoms with Gasteiger partial charge in [-0.1, -0.05) is 48.5 Å². The Morgan fingerprint density at radius 1 is 0.926 bits per heavy atom. The molecule has 0 spiro atoms. The Labute approximate surface area is 158 Å². The van der Waals surface area contributed by atoms with Crippen LogP contribution in [0.15, 0.2) is 85.2 Å². The van der Waals surface area contributed by atoms with Crippen molar-refractivity contribution in [3.05, 3.63) is 102 Å². The van der Waals surface area contributed by atoms with Gasteiger partial charge in [-0.15, -0.1) is 0 Å². The summed E-state index contributed by atoms with van der Waals surface area (Å²) in [6, 6.07) is 24.2. The molecule has 0 N–H and O–H groups in total. The molecular weight excluding hydrogens is 334 g/mol. The number of hydrogen-bond donors (Lipinski definition) is 0. The molecule has 3 aromatic carbocycles. The van der Waals surface area contributed by atoms with Gasteiger partial charge in [-0.05, 0) is 46.2 Å². The molecule has 4 nitrogen and oxygen atoms in total. The molecule has 0 unspecified atom stereocenters. The van der Waals surface area contributed by atoms with Crippen LogP contribution in [0.2, 0.25) is 0 Å². The van der Waals surface area contributed by atoms with Gasteiger partial charge in [-0.2, -0.15) is 5.10 Å². The number of rotatable bonds is 5. The molecule has 4 heteroatoms. The third-order valence-electron chi connectivity index (χ3n) is 4.66. The van der Waals surface area contributed by atoms with Gasteiger partial charge in [0, 0.05) is 31.5 Å². The summed E-state index contributed by atoms with van der Waals surface area (Å²) >= 11 is 0. The van der Waals surface area contributed by atoms with Crippen LogP contribution in [0.25, 0.3) is 10.8 Å². The molecular formula is C23H21N3O. The van der Waals surface area contributed by atoms with Crippen molar-refractivity contribution in [2.75, 3.05) is 7.05 Å². The molecule has 0 saturated heterocycles. The Bertz CT molecular complexity index is 1070. The van der Waals surface area contributed by atoms with Crippen LogP contribution in [-0.4, -0.2) is 27.6 Å². The first kappa shape index (κ1) is 17.0. The van der Waals surface area contributed by atoms with Gasteiger partial charge in [0.2, 0.25) is 0 Å². The van der Waals surface area contributed by atoms with E-state index in [4.69, 9.17) is 0 Å². The molecule has 4 aromatic rings. The molecule has 0 atom stereocenters. The Kier molecular flexibility index (Phi) is 4.71. The second kappa shape index (κ2) is 7.46. The van der Waals surface area contributed by atoms with Crippen molar-refractivity contribution in [2.45, 2.75) is 13.1 Å². The van der Waals surface area contributed by atoms with E-state index < -0.39 is 0 Å². The first-order chi connectivity index (χ1) is 13.2. The second-order valence-electron chi connectivity index (χ2n) is 6.75. The fraction of sp³-hybridized carbons (Fsp3) is 0.130. The van der Waals surface area contributed by atoms with Crippen LogP contribution in [0.3, 0.4) is 0 Å². The first-order valence-corrected chi connectivity index (χ1v) is 8.98. The molecule has 0 aliphatic carbocycles. The van der Waals surface area contributed by atoms with E-state index in [9.17, 15) is 4.79 Å². The lowest BCUT2D eigenvalue weighted by atomic mass is 10.1. The Morgan fingerprint density at radius 2 is 1.78 bits per heavy atom. The Hall–Kier alpha value is -3.40. The van der Waals surface area contributed by atoms with Gasteiger partial charge in [0.15, 0.2) is 0 Å². The maximum Gasteiger partial charge on any atom is 0.253 e. The van der Waals surface area contributed by atoms with Crippen molar-refractivity contribution in [3.63, 3.8) is 0 Å². The largest absolute Gasteiger partial charge is 0.337 e. The van der Waals surface area contributed by atoms with Gasteiger partial charge >= 0.3 is 0 Å². The van der Waals surface area contributed by atoms with Gasteiger partial charge in [0.1, 0.15) is 0 Å². The molecule has 0 bridgehead atoms. The summed E-state index contributed by atoms with van der Waals surface area (Å²) in [6.07, 6.45) is 3.67. The quantitative estimate of drug-likeness (QED) is 0.534. The van der Waals surface area contributed by atoms with Gasteiger partial charge in [-0.25, -0.2) is 0 Å². The number of aromatic nitrogens is 2. The van der Waals surface area contributed by atoms with Crippen LogP contribution in [0.1, 0.15) is 21.5 Å². The number of hydrogen-bond acceptors (Lipinski definition) is 2. The van der Waals surface area contributed by atoms with E-state index in [0.717, 1.165) is 11.1 Å². The van der Waals surface area contributed by atoms with Crippen molar-refractivity contribution >= 4 is 16.7 Å². The molecule has 134 valence electrons. The van der Waals surface area contributed by atoms with E-state index in [2.05, 4.69) is 35.4 Å². The van der Waals surface area contributed by atoms with E-state index in [-0.39, 0.29) is 5.91 Å². The lowest BCUT2D eigenvalue weighted by Crippen LogP contribution is -2.26. The summed E-state index contributed by atoms with van der Waals surface area (Å²) < 4.78 is 1.85. The molecule has 27 heavy (non-hydrogen) atoms. The summed E-state index contributed by atoms with van der Waals surface area (Å²) in [6.45, 7) is 1.23. The number of fused-ring (bicyclic) bond motifs is 1. The van der Waals surface area contributed by atoms with E-state index in [1.807, 2.05) is 60.4 Å². The van der Waals surface area contributed by atoms with Gasteiger partial charge in [0.05, 0.1) is 6.54 Å². The smallest absolute Gasteiger partial charge is 0.253 e. The molecule has 0 aliphatic heterocycles. The molecule has 0 radical (unpaired) electrons. The highest BCUT2D eigenvalue weighted by Crippen LogP contribution is 2.17. The van der Waals surface area contributed by atoms with E-state index in [1.54, 1.807) is 11.1 Å². The molecule has 1 aromatic heterocycles. The van der Waals surface area contributed by atoms with Crippen molar-refractivity contribution in [2.24, 2.45) is 0 Å². The van der Waals surface area contributed by atoms with Crippen molar-refractivity contribution in [1.29, 1.82) is 0 Å². The zero-order valence-electron chi connectivity index (χ0n) is 15.2. The second-order valence-corrected chi connectivity index (χ2v) is 6.75. The summed E-state index contributed by atoms with van der Waals surface area (Å²) in [5.41, 5.74) is 2.88. The highest BCUT2D eigenvalue weighted by molar-refractivity contribution is 5.94. The highest BCUT2D eigenvalue weighted by Gasteiger charge is 2.13.